The molecule has 7 nitrogen and oxygen atoms in total. The molecule has 0 bridgehead atoms. The van der Waals surface area contributed by atoms with Crippen LogP contribution in [-0.2, 0) is 9.57 Å². The lowest BCUT2D eigenvalue weighted by atomic mass is 9.92. The van der Waals surface area contributed by atoms with E-state index in [9.17, 15) is 0 Å². The van der Waals surface area contributed by atoms with Crippen LogP contribution >= 0.6 is 0 Å². The molecule has 0 aromatic carbocycles. The first-order valence-corrected chi connectivity index (χ1v) is 10.8. The van der Waals surface area contributed by atoms with E-state index in [0.29, 0.717) is 18.1 Å². The van der Waals surface area contributed by atoms with E-state index in [2.05, 4.69) is 25.9 Å². The first kappa shape index (κ1) is 17.8. The second kappa shape index (κ2) is 7.99. The number of likely N-dealkylation sites (tertiary alicyclic amines) is 1. The Kier molecular flexibility index (Phi) is 5.47. The van der Waals surface area contributed by atoms with E-state index >= 15 is 0 Å². The van der Waals surface area contributed by atoms with Gasteiger partial charge >= 0.3 is 0 Å². The Labute approximate surface area is 157 Å². The monoisotopic (exact) mass is 365 g/mol. The van der Waals surface area contributed by atoms with E-state index in [-0.39, 0.29) is 12.4 Å². The van der Waals surface area contributed by atoms with Crippen LogP contribution in [0.2, 0.25) is 0 Å². The van der Waals surface area contributed by atoms with Crippen LogP contribution < -0.4 is 16.1 Å². The molecule has 5 aliphatic rings. The van der Waals surface area contributed by atoms with Crippen molar-refractivity contribution in [2.45, 2.75) is 63.1 Å². The first-order chi connectivity index (χ1) is 12.9. The van der Waals surface area contributed by atoms with Gasteiger partial charge < -0.3 is 10.1 Å². The Morgan fingerprint density at radius 3 is 2.73 bits per heavy atom. The van der Waals surface area contributed by atoms with Gasteiger partial charge in [0.2, 0.25) is 0 Å². The van der Waals surface area contributed by atoms with Crippen LogP contribution in [-0.4, -0.2) is 80.3 Å². The zero-order chi connectivity index (χ0) is 17.3. The van der Waals surface area contributed by atoms with Gasteiger partial charge in [-0.05, 0) is 63.5 Å². The van der Waals surface area contributed by atoms with E-state index in [4.69, 9.17) is 9.57 Å². The van der Waals surface area contributed by atoms with Crippen molar-refractivity contribution in [3.05, 3.63) is 0 Å². The number of hydrogen-bond acceptors (Lipinski definition) is 7. The number of nitrogens with zero attached hydrogens (tertiary/aromatic N) is 2. The smallest absolute Gasteiger partial charge is 0.146 e. The molecule has 5 atom stereocenters. The second-order valence-electron chi connectivity index (χ2n) is 8.85. The van der Waals surface area contributed by atoms with Crippen LogP contribution in [0.1, 0.15) is 38.5 Å². The lowest BCUT2D eigenvalue weighted by molar-refractivity contribution is -0.0286. The average molecular weight is 366 g/mol. The summed E-state index contributed by atoms with van der Waals surface area (Å²) in [5.41, 5.74) is 3.36. The zero-order valence-electron chi connectivity index (χ0n) is 15.9. The fourth-order valence-corrected chi connectivity index (χ4v) is 5.26. The molecule has 0 radical (unpaired) electrons. The highest BCUT2D eigenvalue weighted by atomic mass is 16.7. The van der Waals surface area contributed by atoms with E-state index in [0.717, 1.165) is 38.8 Å². The van der Waals surface area contributed by atoms with Gasteiger partial charge in [0, 0.05) is 19.6 Å². The van der Waals surface area contributed by atoms with Crippen molar-refractivity contribution in [3.8, 4) is 0 Å². The van der Waals surface area contributed by atoms with Crippen molar-refractivity contribution in [1.82, 2.24) is 25.9 Å². The van der Waals surface area contributed by atoms with Gasteiger partial charge in [0.25, 0.3) is 0 Å². The Hall–Kier alpha value is -0.280. The molecule has 5 rings (SSSR count). The van der Waals surface area contributed by atoms with Gasteiger partial charge in [-0.25, -0.2) is 0 Å². The van der Waals surface area contributed by atoms with Crippen LogP contribution in [0.5, 0.6) is 0 Å². The van der Waals surface area contributed by atoms with Gasteiger partial charge in [0.1, 0.15) is 6.23 Å². The lowest BCUT2D eigenvalue weighted by Crippen LogP contribution is -2.57. The third-order valence-electron chi connectivity index (χ3n) is 7.00. The minimum Gasteiger partial charge on any atom is -0.379 e. The first-order valence-electron chi connectivity index (χ1n) is 10.8. The maximum Gasteiger partial charge on any atom is 0.146 e. The maximum absolute atomic E-state index is 6.06. The molecule has 1 aliphatic carbocycles. The molecule has 1 saturated carbocycles. The summed E-state index contributed by atoms with van der Waals surface area (Å²) in [6, 6.07) is 0.546. The number of rotatable bonds is 5. The number of morpholine rings is 1. The summed E-state index contributed by atoms with van der Waals surface area (Å²) in [5, 5.41) is 7.51. The number of nitrogens with one attached hydrogen (secondary N) is 3. The molecule has 3 N–H and O–H groups in total. The molecule has 0 aromatic rings. The highest BCUT2D eigenvalue weighted by Crippen LogP contribution is 2.34. The summed E-state index contributed by atoms with van der Waals surface area (Å²) >= 11 is 0. The van der Waals surface area contributed by atoms with Crippen molar-refractivity contribution in [3.63, 3.8) is 0 Å². The highest BCUT2D eigenvalue weighted by molar-refractivity contribution is 4.93. The predicted molar refractivity (Wildman–Crippen MR) is 99.2 cm³/mol. The third kappa shape index (κ3) is 3.94. The van der Waals surface area contributed by atoms with E-state index in [1.807, 2.05) is 0 Å². The van der Waals surface area contributed by atoms with Gasteiger partial charge in [0.15, 0.2) is 0 Å². The van der Waals surface area contributed by atoms with Crippen LogP contribution in [0, 0.1) is 11.8 Å². The normalized spacial score (nSPS) is 43.2. The zero-order valence-corrected chi connectivity index (χ0v) is 15.9. The van der Waals surface area contributed by atoms with Crippen molar-refractivity contribution in [1.29, 1.82) is 0 Å². The van der Waals surface area contributed by atoms with E-state index in [1.54, 1.807) is 0 Å². The molecule has 4 aliphatic heterocycles. The molecule has 0 aromatic heterocycles. The quantitative estimate of drug-likeness (QED) is 0.648. The maximum atomic E-state index is 6.06. The molecule has 4 heterocycles. The molecule has 7 heteroatoms. The number of ether oxygens (including phenoxy) is 1. The summed E-state index contributed by atoms with van der Waals surface area (Å²) in [5.74, 6) is 1.58. The molecule has 4 saturated heterocycles. The molecule has 26 heavy (non-hydrogen) atoms. The van der Waals surface area contributed by atoms with E-state index in [1.165, 1.54) is 51.6 Å². The largest absolute Gasteiger partial charge is 0.379 e. The summed E-state index contributed by atoms with van der Waals surface area (Å²) in [4.78, 5) is 11.3. The molecule has 0 spiro atoms. The standard InChI is InChI=1S/C19H35N5O2/c1-2-16(24(7-1)13-14-3-4-14)19-21-18(22-26-19)15-5-6-20-17(12-15)23-8-10-25-11-9-23/h14-22H,1-13H2. The SMILES string of the molecule is C1CC(C2NC(C3CCNC(N4CCOCC4)C3)NO2)N(CC2CC2)C1. The lowest BCUT2D eigenvalue weighted by Gasteiger charge is -2.41. The van der Waals surface area contributed by atoms with Crippen LogP contribution in [0.15, 0.2) is 0 Å². The molecular formula is C19H35N5O2. The van der Waals surface area contributed by atoms with Gasteiger partial charge in [-0.1, -0.05) is 0 Å². The molecule has 0 amide bonds. The van der Waals surface area contributed by atoms with E-state index < -0.39 is 0 Å². The summed E-state index contributed by atoms with van der Waals surface area (Å²) in [6.07, 6.45) is 8.75. The third-order valence-corrected chi connectivity index (χ3v) is 7.00. The van der Waals surface area contributed by atoms with Gasteiger partial charge in [-0.3, -0.25) is 20.0 Å². The number of hydroxylamine groups is 1. The Morgan fingerprint density at radius 1 is 1.00 bits per heavy atom. The van der Waals surface area contributed by atoms with Crippen LogP contribution in [0.25, 0.3) is 0 Å². The van der Waals surface area contributed by atoms with Crippen LogP contribution in [0.4, 0.5) is 0 Å². The Morgan fingerprint density at radius 2 is 1.88 bits per heavy atom. The number of piperidine rings is 1. The van der Waals surface area contributed by atoms with Crippen molar-refractivity contribution in [2.75, 3.05) is 45.9 Å². The minimum atomic E-state index is 0.151. The molecule has 5 unspecified atom stereocenters. The fourth-order valence-electron chi connectivity index (χ4n) is 5.26. The van der Waals surface area contributed by atoms with Gasteiger partial charge in [-0.15, -0.1) is 0 Å². The summed E-state index contributed by atoms with van der Waals surface area (Å²) < 4.78 is 5.51. The predicted octanol–water partition coefficient (Wildman–Crippen LogP) is 0.295. The molecular weight excluding hydrogens is 330 g/mol. The second-order valence-corrected chi connectivity index (χ2v) is 8.85. The fraction of sp³-hybridized carbons (Fsp3) is 1.00. The summed E-state index contributed by atoms with van der Waals surface area (Å²) in [6.45, 7) is 7.46. The van der Waals surface area contributed by atoms with Gasteiger partial charge in [-0.2, -0.15) is 5.48 Å². The minimum absolute atomic E-state index is 0.151. The molecule has 148 valence electrons. The van der Waals surface area contributed by atoms with Gasteiger partial charge in [0.05, 0.1) is 31.6 Å². The Bertz CT molecular complexity index is 471. The summed E-state index contributed by atoms with van der Waals surface area (Å²) in [7, 11) is 0. The van der Waals surface area contributed by atoms with Crippen molar-refractivity contribution < 1.29 is 9.57 Å². The van der Waals surface area contributed by atoms with Crippen molar-refractivity contribution >= 4 is 0 Å². The highest BCUT2D eigenvalue weighted by Gasteiger charge is 2.42. The average Bonchev–Trinajstić information content (AvgIpc) is 3.18. The van der Waals surface area contributed by atoms with Crippen LogP contribution in [0.3, 0.4) is 0 Å². The molecule has 5 fully saturated rings. The topological polar surface area (TPSA) is 61.0 Å². The van der Waals surface area contributed by atoms with Crippen molar-refractivity contribution in [2.24, 2.45) is 11.8 Å². The number of hydrogen-bond donors (Lipinski definition) is 3. The Balaban J connectivity index is 1.15.